The number of benzene rings is 1. The fourth-order valence-electron chi connectivity index (χ4n) is 3.18. The van der Waals surface area contributed by atoms with Crippen LogP contribution in [-0.2, 0) is 0 Å². The van der Waals surface area contributed by atoms with Crippen molar-refractivity contribution in [2.45, 2.75) is 13.3 Å². The van der Waals surface area contributed by atoms with Gasteiger partial charge < -0.3 is 15.5 Å². The number of rotatable bonds is 4. The van der Waals surface area contributed by atoms with Crippen LogP contribution in [0.5, 0.6) is 5.75 Å². The molecule has 3 aromatic heterocycles. The van der Waals surface area contributed by atoms with Gasteiger partial charge in [0, 0.05) is 10.9 Å². The highest BCUT2D eigenvalue weighted by Crippen LogP contribution is 2.40. The number of anilines is 1. The maximum Gasteiger partial charge on any atom is 0.272 e. The van der Waals surface area contributed by atoms with Gasteiger partial charge in [0.2, 0.25) is 0 Å². The molecule has 0 amide bonds. The standard InChI is InChI=1S/C18H14F3N5O2/c1-7-16-14(11(5-23-7)28-6-12(20)21)13(15(22)18(27)25-16)8-2-3-10(19)17-9(8)4-24-26-17/h2-5,12H,6,22H2,1H3,(H,24,26)(H,25,27). The topological polar surface area (TPSA) is 110 Å². The van der Waals surface area contributed by atoms with Crippen LogP contribution in [0, 0.1) is 12.7 Å². The monoisotopic (exact) mass is 389 g/mol. The molecule has 4 rings (SSSR count). The molecule has 3 heterocycles. The number of halogens is 3. The quantitative estimate of drug-likeness (QED) is 0.497. The van der Waals surface area contributed by atoms with Crippen LogP contribution in [0.4, 0.5) is 18.9 Å². The summed E-state index contributed by atoms with van der Waals surface area (Å²) in [5, 5.41) is 7.08. The first-order chi connectivity index (χ1) is 13.4. The van der Waals surface area contributed by atoms with Gasteiger partial charge in [0.05, 0.1) is 29.0 Å². The van der Waals surface area contributed by atoms with E-state index in [4.69, 9.17) is 10.5 Å². The molecular formula is C18H14F3N5O2. The zero-order valence-corrected chi connectivity index (χ0v) is 14.5. The summed E-state index contributed by atoms with van der Waals surface area (Å²) >= 11 is 0. The van der Waals surface area contributed by atoms with Crippen LogP contribution in [0.2, 0.25) is 0 Å². The SMILES string of the molecule is Cc1ncc(OCC(F)F)c2c(-c3ccc(F)c4[nH]ncc34)c(N)c(=O)[nH]c12. The number of ether oxygens (including phenoxy) is 1. The van der Waals surface area contributed by atoms with Gasteiger partial charge in [-0.15, -0.1) is 0 Å². The minimum atomic E-state index is -2.70. The normalized spacial score (nSPS) is 11.6. The van der Waals surface area contributed by atoms with Crippen LogP contribution >= 0.6 is 0 Å². The van der Waals surface area contributed by atoms with Gasteiger partial charge >= 0.3 is 0 Å². The first-order valence-electron chi connectivity index (χ1n) is 8.22. The average Bonchev–Trinajstić information content (AvgIpc) is 3.15. The molecule has 0 saturated carbocycles. The van der Waals surface area contributed by atoms with E-state index in [1.807, 2.05) is 0 Å². The van der Waals surface area contributed by atoms with Crippen LogP contribution in [0.25, 0.3) is 32.9 Å². The van der Waals surface area contributed by atoms with Gasteiger partial charge in [-0.25, -0.2) is 13.2 Å². The van der Waals surface area contributed by atoms with Gasteiger partial charge in [-0.05, 0) is 18.6 Å². The zero-order valence-electron chi connectivity index (χ0n) is 14.5. The Morgan fingerprint density at radius 2 is 2.04 bits per heavy atom. The summed E-state index contributed by atoms with van der Waals surface area (Å²) in [4.78, 5) is 19.1. The van der Waals surface area contributed by atoms with Crippen LogP contribution in [0.3, 0.4) is 0 Å². The molecule has 0 saturated heterocycles. The van der Waals surface area contributed by atoms with Crippen molar-refractivity contribution in [2.75, 3.05) is 12.3 Å². The maximum absolute atomic E-state index is 14.1. The number of hydrogen-bond acceptors (Lipinski definition) is 5. The molecule has 0 radical (unpaired) electrons. The number of pyridine rings is 2. The van der Waals surface area contributed by atoms with E-state index in [9.17, 15) is 18.0 Å². The Bertz CT molecular complexity index is 1270. The Labute approximate surface area is 155 Å². The fourth-order valence-corrected chi connectivity index (χ4v) is 3.18. The van der Waals surface area contributed by atoms with E-state index >= 15 is 0 Å². The van der Waals surface area contributed by atoms with Crippen molar-refractivity contribution < 1.29 is 17.9 Å². The smallest absolute Gasteiger partial charge is 0.272 e. The van der Waals surface area contributed by atoms with Crippen molar-refractivity contribution in [2.24, 2.45) is 0 Å². The van der Waals surface area contributed by atoms with Crippen molar-refractivity contribution in [3.05, 3.63) is 46.4 Å². The van der Waals surface area contributed by atoms with Gasteiger partial charge in [0.1, 0.15) is 29.4 Å². The number of aromatic amines is 2. The number of aryl methyl sites for hydroxylation is 1. The second kappa shape index (κ2) is 6.55. The van der Waals surface area contributed by atoms with E-state index in [2.05, 4.69) is 20.2 Å². The molecule has 0 spiro atoms. The third-order valence-electron chi connectivity index (χ3n) is 4.43. The molecule has 0 unspecified atom stereocenters. The van der Waals surface area contributed by atoms with E-state index in [0.717, 1.165) is 0 Å². The van der Waals surface area contributed by atoms with Gasteiger partial charge in [0.15, 0.2) is 0 Å². The summed E-state index contributed by atoms with van der Waals surface area (Å²) in [6.45, 7) is 0.788. The van der Waals surface area contributed by atoms with E-state index in [-0.39, 0.29) is 22.5 Å². The summed E-state index contributed by atoms with van der Waals surface area (Å²) in [5.41, 5.74) is 6.84. The molecule has 0 aliphatic heterocycles. The Hall–Kier alpha value is -3.56. The molecule has 0 aliphatic carbocycles. The van der Waals surface area contributed by atoms with E-state index in [0.29, 0.717) is 27.5 Å². The summed E-state index contributed by atoms with van der Waals surface area (Å²) in [6, 6.07) is 2.65. The molecule has 1 aromatic carbocycles. The molecule has 144 valence electrons. The number of alkyl halides is 2. The Morgan fingerprint density at radius 1 is 1.25 bits per heavy atom. The van der Waals surface area contributed by atoms with Gasteiger partial charge in [0.25, 0.3) is 12.0 Å². The molecule has 0 aliphatic rings. The largest absolute Gasteiger partial charge is 0.485 e. The molecule has 4 N–H and O–H groups in total. The highest BCUT2D eigenvalue weighted by Gasteiger charge is 2.21. The predicted molar refractivity (Wildman–Crippen MR) is 98.1 cm³/mol. The van der Waals surface area contributed by atoms with E-state index < -0.39 is 24.4 Å². The number of aromatic nitrogens is 4. The number of H-pyrrole nitrogens is 2. The Kier molecular flexibility index (Phi) is 4.17. The molecule has 0 bridgehead atoms. The van der Waals surface area contributed by atoms with Gasteiger partial charge in [-0.2, -0.15) is 5.10 Å². The number of nitrogen functional groups attached to an aromatic ring is 1. The molecule has 10 heteroatoms. The van der Waals surface area contributed by atoms with Gasteiger partial charge in [-0.3, -0.25) is 14.9 Å². The van der Waals surface area contributed by atoms with Crippen LogP contribution in [0.15, 0.2) is 29.3 Å². The molecule has 4 aromatic rings. The average molecular weight is 389 g/mol. The lowest BCUT2D eigenvalue weighted by Crippen LogP contribution is -2.15. The minimum Gasteiger partial charge on any atom is -0.485 e. The molecule has 0 atom stereocenters. The number of fused-ring (bicyclic) bond motifs is 2. The zero-order chi connectivity index (χ0) is 20.0. The number of nitrogens with two attached hydrogens (primary N) is 1. The van der Waals surface area contributed by atoms with Crippen molar-refractivity contribution >= 4 is 27.5 Å². The highest BCUT2D eigenvalue weighted by molar-refractivity contribution is 6.10. The van der Waals surface area contributed by atoms with Gasteiger partial charge in [-0.1, -0.05) is 6.07 Å². The van der Waals surface area contributed by atoms with Crippen LogP contribution < -0.4 is 16.0 Å². The second-order valence-electron chi connectivity index (χ2n) is 6.16. The highest BCUT2D eigenvalue weighted by atomic mass is 19.3. The molecule has 7 nitrogen and oxygen atoms in total. The molecule has 28 heavy (non-hydrogen) atoms. The van der Waals surface area contributed by atoms with Crippen LogP contribution in [0.1, 0.15) is 5.69 Å². The number of nitrogens with one attached hydrogen (secondary N) is 2. The summed E-state index contributed by atoms with van der Waals surface area (Å²) in [5.74, 6) is -0.504. The van der Waals surface area contributed by atoms with E-state index in [1.54, 1.807) is 6.92 Å². The lowest BCUT2D eigenvalue weighted by Gasteiger charge is -2.16. The summed E-state index contributed by atoms with van der Waals surface area (Å²) in [7, 11) is 0. The van der Waals surface area contributed by atoms with E-state index in [1.165, 1.54) is 24.5 Å². The first kappa shape index (κ1) is 17.8. The lowest BCUT2D eigenvalue weighted by molar-refractivity contribution is 0.0825. The first-order valence-corrected chi connectivity index (χ1v) is 8.22. The third kappa shape index (κ3) is 2.73. The van der Waals surface area contributed by atoms with Crippen molar-refractivity contribution in [3.8, 4) is 16.9 Å². The maximum atomic E-state index is 14.1. The Balaban J connectivity index is 2.13. The van der Waals surface area contributed by atoms with Crippen LogP contribution in [-0.4, -0.2) is 33.2 Å². The molecular weight excluding hydrogens is 375 g/mol. The Morgan fingerprint density at radius 3 is 2.79 bits per heavy atom. The van der Waals surface area contributed by atoms with Crippen molar-refractivity contribution in [3.63, 3.8) is 0 Å². The fraction of sp³-hybridized carbons (Fsp3) is 0.167. The summed E-state index contributed by atoms with van der Waals surface area (Å²) in [6.07, 6.45) is -0.0166. The molecule has 0 fully saturated rings. The number of nitrogens with zero attached hydrogens (tertiary/aromatic N) is 2. The van der Waals surface area contributed by atoms with Crippen molar-refractivity contribution in [1.29, 1.82) is 0 Å². The summed E-state index contributed by atoms with van der Waals surface area (Å²) < 4.78 is 44.7. The van der Waals surface area contributed by atoms with Crippen molar-refractivity contribution in [1.82, 2.24) is 20.2 Å². The third-order valence-corrected chi connectivity index (χ3v) is 4.43. The minimum absolute atomic E-state index is 0.0276. The number of hydrogen-bond donors (Lipinski definition) is 3. The lowest BCUT2D eigenvalue weighted by atomic mass is 9.96. The second-order valence-corrected chi connectivity index (χ2v) is 6.16. The predicted octanol–water partition coefficient (Wildman–Crippen LogP) is 3.14.